The van der Waals surface area contributed by atoms with Gasteiger partial charge in [-0.1, -0.05) is 36.3 Å². The number of nitrogens with one attached hydrogen (secondary N) is 2. The zero-order chi connectivity index (χ0) is 25.5. The topological polar surface area (TPSA) is 90.6 Å². The molecule has 1 aliphatic heterocycles. The second kappa shape index (κ2) is 11.7. The fraction of sp³-hybridized carbons (Fsp3) is 0.370. The van der Waals surface area contributed by atoms with Gasteiger partial charge >= 0.3 is 0 Å². The summed E-state index contributed by atoms with van der Waals surface area (Å²) in [6.45, 7) is 4.28. The molecular weight excluding hydrogens is 474 g/mol. The van der Waals surface area contributed by atoms with Crippen LogP contribution in [-0.2, 0) is 16.6 Å². The third-order valence-electron chi connectivity index (χ3n) is 6.47. The summed E-state index contributed by atoms with van der Waals surface area (Å²) in [5.74, 6) is 7.47. The number of aromatic nitrogens is 2. The number of likely N-dealkylation sites (N-methyl/N-ethyl adjacent to an activating group) is 1. The maximum atomic E-state index is 13.0. The first-order valence-electron chi connectivity index (χ1n) is 12.0. The molecule has 2 N–H and O–H groups in total. The molecule has 1 saturated heterocycles. The predicted molar refractivity (Wildman–Crippen MR) is 143 cm³/mol. The zero-order valence-corrected chi connectivity index (χ0v) is 21.8. The van der Waals surface area contributed by atoms with E-state index in [1.54, 1.807) is 14.2 Å². The van der Waals surface area contributed by atoms with Crippen LogP contribution in [0.4, 0.5) is 0 Å². The predicted octanol–water partition coefficient (Wildman–Crippen LogP) is 3.16. The van der Waals surface area contributed by atoms with Gasteiger partial charge in [-0.3, -0.25) is 4.90 Å². The van der Waals surface area contributed by atoms with Crippen molar-refractivity contribution in [2.45, 2.75) is 25.8 Å². The average Bonchev–Trinajstić information content (AvgIpc) is 3.55. The Labute approximate surface area is 213 Å². The molecule has 1 unspecified atom stereocenters. The third-order valence-corrected chi connectivity index (χ3v) is 8.09. The Morgan fingerprint density at radius 1 is 1.17 bits per heavy atom. The van der Waals surface area contributed by atoms with E-state index in [0.29, 0.717) is 19.5 Å². The van der Waals surface area contributed by atoms with Gasteiger partial charge < -0.3 is 9.72 Å². The van der Waals surface area contributed by atoms with E-state index in [1.165, 1.54) is 4.31 Å². The molecular formula is C27H33N5O3S. The van der Waals surface area contributed by atoms with E-state index in [2.05, 4.69) is 26.4 Å². The summed E-state index contributed by atoms with van der Waals surface area (Å²) in [5.41, 5.74) is 3.57. The lowest BCUT2D eigenvalue weighted by molar-refractivity contribution is 0.327. The van der Waals surface area contributed by atoms with Crippen molar-refractivity contribution in [3.63, 3.8) is 0 Å². The lowest BCUT2D eigenvalue weighted by Gasteiger charge is -2.24. The zero-order valence-electron chi connectivity index (χ0n) is 21.0. The monoisotopic (exact) mass is 507 g/mol. The smallest absolute Gasteiger partial charge is 0.279 e. The second-order valence-corrected chi connectivity index (χ2v) is 10.6. The number of nitrogens with zero attached hydrogens (tertiary/aromatic N) is 3. The number of likely N-dealkylation sites (tertiary alicyclic amines) is 1. The largest absolute Gasteiger partial charge is 0.497 e. The number of H-pyrrole nitrogens is 1. The average molecular weight is 508 g/mol. The van der Waals surface area contributed by atoms with E-state index in [-0.39, 0.29) is 12.6 Å². The van der Waals surface area contributed by atoms with Crippen molar-refractivity contribution < 1.29 is 13.2 Å². The lowest BCUT2D eigenvalue weighted by Crippen LogP contribution is -2.45. The Morgan fingerprint density at radius 3 is 2.61 bits per heavy atom. The maximum absolute atomic E-state index is 13.0. The maximum Gasteiger partial charge on any atom is 0.279 e. The molecule has 2 aromatic carbocycles. The van der Waals surface area contributed by atoms with Gasteiger partial charge in [0.1, 0.15) is 11.6 Å². The third kappa shape index (κ3) is 6.15. The molecule has 0 saturated carbocycles. The summed E-state index contributed by atoms with van der Waals surface area (Å²) in [4.78, 5) is 10.4. The summed E-state index contributed by atoms with van der Waals surface area (Å²) in [6.07, 6.45) is 1.27. The van der Waals surface area contributed by atoms with Crippen LogP contribution >= 0.6 is 0 Å². The number of hydrogen-bond donors (Lipinski definition) is 2. The molecule has 0 aliphatic carbocycles. The number of hydrogen-bond acceptors (Lipinski definition) is 5. The highest BCUT2D eigenvalue weighted by atomic mass is 32.2. The van der Waals surface area contributed by atoms with Crippen LogP contribution in [0.15, 0.2) is 54.6 Å². The van der Waals surface area contributed by atoms with Crippen LogP contribution in [0, 0.1) is 11.8 Å². The lowest BCUT2D eigenvalue weighted by atomic mass is 10.1. The van der Waals surface area contributed by atoms with Crippen LogP contribution in [0.1, 0.15) is 19.0 Å². The summed E-state index contributed by atoms with van der Waals surface area (Å²) in [7, 11) is -0.340. The van der Waals surface area contributed by atoms with Crippen LogP contribution in [0.3, 0.4) is 0 Å². The standard InChI is InChI=1S/C27H33N5O3S/c1-4-5-18-32-19-16-23(20-32)31(2)36(33,34)28-17-15-25-26(21-11-13-24(35-3)14-12-21)30-27(29-25)22-9-7-6-8-10-22/h6-14,23,28H,15-20H2,1-3H3,(H,29,30). The van der Waals surface area contributed by atoms with Gasteiger partial charge in [0.15, 0.2) is 0 Å². The normalized spacial score (nSPS) is 16.2. The number of benzene rings is 2. The fourth-order valence-corrected chi connectivity index (χ4v) is 5.49. The SMILES string of the molecule is CC#CCN1CCC(N(C)S(=O)(=O)NCCc2[nH]c(-c3ccccc3)nc2-c2ccc(OC)cc2)C1. The first-order valence-corrected chi connectivity index (χ1v) is 13.5. The molecule has 1 aliphatic rings. The van der Waals surface area contributed by atoms with Crippen LogP contribution in [0.25, 0.3) is 22.6 Å². The minimum absolute atomic E-state index is 0.0622. The van der Waals surface area contributed by atoms with Crippen molar-refractivity contribution in [3.8, 4) is 40.2 Å². The molecule has 9 heteroatoms. The fourth-order valence-electron chi connectivity index (χ4n) is 4.36. The van der Waals surface area contributed by atoms with E-state index in [4.69, 9.17) is 9.72 Å². The van der Waals surface area contributed by atoms with Crippen molar-refractivity contribution >= 4 is 10.2 Å². The molecule has 1 aromatic heterocycles. The molecule has 8 nitrogen and oxygen atoms in total. The number of imidazole rings is 1. The van der Waals surface area contributed by atoms with Gasteiger partial charge in [-0.05, 0) is 37.6 Å². The van der Waals surface area contributed by atoms with Gasteiger partial charge in [-0.25, -0.2) is 9.71 Å². The van der Waals surface area contributed by atoms with Gasteiger partial charge in [0.05, 0.1) is 19.3 Å². The summed E-state index contributed by atoms with van der Waals surface area (Å²) < 4.78 is 35.5. The molecule has 0 bridgehead atoms. The highest BCUT2D eigenvalue weighted by Crippen LogP contribution is 2.28. The molecule has 1 fully saturated rings. The van der Waals surface area contributed by atoms with Crippen molar-refractivity contribution in [2.75, 3.05) is 40.3 Å². The van der Waals surface area contributed by atoms with Crippen LogP contribution in [-0.4, -0.2) is 74.0 Å². The molecule has 0 radical (unpaired) electrons. The van der Waals surface area contributed by atoms with Crippen molar-refractivity contribution in [3.05, 3.63) is 60.3 Å². The van der Waals surface area contributed by atoms with Gasteiger partial charge in [-0.15, -0.1) is 5.92 Å². The molecule has 0 amide bonds. The van der Waals surface area contributed by atoms with Crippen LogP contribution < -0.4 is 9.46 Å². The second-order valence-electron chi connectivity index (χ2n) is 8.78. The van der Waals surface area contributed by atoms with Crippen molar-refractivity contribution in [1.82, 2.24) is 23.9 Å². The Hall–Kier alpha value is -3.16. The van der Waals surface area contributed by atoms with Gasteiger partial charge in [-0.2, -0.15) is 12.7 Å². The quantitative estimate of drug-likeness (QED) is 0.412. The Bertz CT molecular complexity index is 1310. The van der Waals surface area contributed by atoms with E-state index in [9.17, 15) is 8.42 Å². The number of aromatic amines is 1. The minimum atomic E-state index is -3.62. The molecule has 36 heavy (non-hydrogen) atoms. The Morgan fingerprint density at radius 2 is 1.92 bits per heavy atom. The molecule has 3 aromatic rings. The van der Waals surface area contributed by atoms with Crippen LogP contribution in [0.2, 0.25) is 0 Å². The van der Waals surface area contributed by atoms with E-state index in [1.807, 2.05) is 61.5 Å². The highest BCUT2D eigenvalue weighted by Gasteiger charge is 2.31. The van der Waals surface area contributed by atoms with Gasteiger partial charge in [0.25, 0.3) is 10.2 Å². The molecule has 2 heterocycles. The Kier molecular flexibility index (Phi) is 8.44. The van der Waals surface area contributed by atoms with E-state index in [0.717, 1.165) is 47.1 Å². The van der Waals surface area contributed by atoms with E-state index >= 15 is 0 Å². The first-order chi connectivity index (χ1) is 17.4. The Balaban J connectivity index is 1.47. The van der Waals surface area contributed by atoms with Crippen molar-refractivity contribution in [2.24, 2.45) is 0 Å². The first kappa shape index (κ1) is 25.9. The molecule has 1 atom stereocenters. The van der Waals surface area contributed by atoms with Gasteiger partial charge in [0, 0.05) is 56.0 Å². The molecule has 0 spiro atoms. The highest BCUT2D eigenvalue weighted by molar-refractivity contribution is 7.87. The van der Waals surface area contributed by atoms with Crippen LogP contribution in [0.5, 0.6) is 5.75 Å². The number of methoxy groups -OCH3 is 1. The molecule has 190 valence electrons. The summed E-state index contributed by atoms with van der Waals surface area (Å²) in [5, 5.41) is 0. The number of rotatable bonds is 10. The van der Waals surface area contributed by atoms with E-state index < -0.39 is 10.2 Å². The van der Waals surface area contributed by atoms with Gasteiger partial charge in [0.2, 0.25) is 0 Å². The molecule has 4 rings (SSSR count). The summed E-state index contributed by atoms with van der Waals surface area (Å²) >= 11 is 0. The van der Waals surface area contributed by atoms with Crippen molar-refractivity contribution in [1.29, 1.82) is 0 Å². The summed E-state index contributed by atoms with van der Waals surface area (Å²) in [6, 6.07) is 17.5. The minimum Gasteiger partial charge on any atom is -0.497 e. The number of ether oxygens (including phenoxy) is 1.